The minimum absolute atomic E-state index is 0.331. The smallest absolute Gasteiger partial charge is 0.218 e. The Bertz CT molecular complexity index is 1110. The van der Waals surface area contributed by atoms with E-state index in [1.54, 1.807) is 0 Å². The lowest BCUT2D eigenvalue weighted by molar-refractivity contribution is 0.166. The zero-order valence-electron chi connectivity index (χ0n) is 17.1. The molecule has 1 fully saturated rings. The van der Waals surface area contributed by atoms with Gasteiger partial charge in [0.15, 0.2) is 5.82 Å². The molecule has 4 aromatic rings. The molecule has 150 valence electrons. The first-order chi connectivity index (χ1) is 14.1. The van der Waals surface area contributed by atoms with E-state index in [0.29, 0.717) is 35.9 Å². The minimum Gasteiger partial charge on any atom is -0.268 e. The van der Waals surface area contributed by atoms with Gasteiger partial charge in [0.25, 0.3) is 0 Å². The van der Waals surface area contributed by atoms with Gasteiger partial charge in [-0.1, -0.05) is 38.5 Å². The van der Waals surface area contributed by atoms with Crippen LogP contribution >= 0.6 is 0 Å². The van der Waals surface area contributed by atoms with Crippen LogP contribution in [0.4, 0.5) is 0 Å². The molecule has 3 aromatic heterocycles. The Hall–Kier alpha value is -3.03. The van der Waals surface area contributed by atoms with Gasteiger partial charge in [0.05, 0.1) is 23.7 Å². The molecule has 8 nitrogen and oxygen atoms in total. The van der Waals surface area contributed by atoms with Gasteiger partial charge in [0.2, 0.25) is 5.82 Å². The van der Waals surface area contributed by atoms with Crippen LogP contribution in [0.25, 0.3) is 22.6 Å². The van der Waals surface area contributed by atoms with Crippen molar-refractivity contribution in [2.24, 2.45) is 18.9 Å². The van der Waals surface area contributed by atoms with Crippen molar-refractivity contribution in [2.75, 3.05) is 0 Å². The lowest BCUT2D eigenvalue weighted by Crippen LogP contribution is -2.30. The zero-order valence-corrected chi connectivity index (χ0v) is 17.1. The van der Waals surface area contributed by atoms with Gasteiger partial charge in [0.1, 0.15) is 12.2 Å². The molecule has 1 aliphatic carbocycles. The topological polar surface area (TPSA) is 90.1 Å². The summed E-state index contributed by atoms with van der Waals surface area (Å²) in [6.07, 6.45) is 5.85. The van der Waals surface area contributed by atoms with E-state index in [9.17, 15) is 0 Å². The second-order valence-electron chi connectivity index (χ2n) is 8.27. The average molecular weight is 390 g/mol. The summed E-state index contributed by atoms with van der Waals surface area (Å²) in [5.74, 6) is 3.25. The molecule has 1 N–H and O–H groups in total. The van der Waals surface area contributed by atoms with E-state index in [2.05, 4.69) is 51.9 Å². The van der Waals surface area contributed by atoms with E-state index in [0.717, 1.165) is 22.4 Å². The van der Waals surface area contributed by atoms with E-state index >= 15 is 0 Å². The highest BCUT2D eigenvalue weighted by Gasteiger charge is 2.33. The van der Waals surface area contributed by atoms with Crippen molar-refractivity contribution in [3.8, 4) is 11.6 Å². The Labute approximate surface area is 169 Å². The van der Waals surface area contributed by atoms with E-state index in [-0.39, 0.29) is 0 Å². The van der Waals surface area contributed by atoms with Crippen LogP contribution in [0, 0.1) is 11.8 Å². The summed E-state index contributed by atoms with van der Waals surface area (Å²) in [7, 11) is 1.99. The monoisotopic (exact) mass is 390 g/mol. The summed E-state index contributed by atoms with van der Waals surface area (Å²) in [5, 5.41) is 17.7. The van der Waals surface area contributed by atoms with Crippen LogP contribution in [0.1, 0.15) is 50.7 Å². The molecule has 0 bridgehead atoms. The highest BCUT2D eigenvalue weighted by atomic mass is 15.4. The second kappa shape index (κ2) is 7.09. The normalized spacial score (nSPS) is 22.4. The molecule has 0 amide bonds. The van der Waals surface area contributed by atoms with Crippen LogP contribution in [-0.2, 0) is 13.5 Å². The maximum absolute atomic E-state index is 4.90. The predicted octanol–water partition coefficient (Wildman–Crippen LogP) is 3.54. The third-order valence-electron chi connectivity index (χ3n) is 6.26. The van der Waals surface area contributed by atoms with Crippen molar-refractivity contribution in [1.82, 2.24) is 39.7 Å². The number of H-pyrrole nitrogens is 1. The van der Waals surface area contributed by atoms with E-state index in [4.69, 9.17) is 15.2 Å². The SMILES string of the molecule is CC1CCCC(C)C1n1nc(-c2ncn[nH]2)nc1Cc1nn(C)c2ccccc12. The van der Waals surface area contributed by atoms with Crippen molar-refractivity contribution in [1.29, 1.82) is 0 Å². The summed E-state index contributed by atoms with van der Waals surface area (Å²) in [5.41, 5.74) is 2.15. The fourth-order valence-electron chi connectivity index (χ4n) is 4.84. The number of para-hydroxylation sites is 1. The number of hydrogen-bond donors (Lipinski definition) is 1. The molecule has 29 heavy (non-hydrogen) atoms. The molecule has 2 atom stereocenters. The Morgan fingerprint density at radius 2 is 1.90 bits per heavy atom. The molecule has 1 aliphatic rings. The van der Waals surface area contributed by atoms with Gasteiger partial charge in [-0.15, -0.1) is 5.10 Å². The second-order valence-corrected chi connectivity index (χ2v) is 8.27. The summed E-state index contributed by atoms with van der Waals surface area (Å²) < 4.78 is 4.09. The van der Waals surface area contributed by atoms with Gasteiger partial charge in [-0.2, -0.15) is 10.2 Å². The van der Waals surface area contributed by atoms with Crippen molar-refractivity contribution in [3.05, 3.63) is 42.1 Å². The van der Waals surface area contributed by atoms with Gasteiger partial charge in [0, 0.05) is 12.4 Å². The van der Waals surface area contributed by atoms with Crippen molar-refractivity contribution < 1.29 is 0 Å². The van der Waals surface area contributed by atoms with Crippen LogP contribution in [-0.4, -0.2) is 39.7 Å². The zero-order chi connectivity index (χ0) is 20.0. The van der Waals surface area contributed by atoms with E-state index < -0.39 is 0 Å². The maximum atomic E-state index is 4.90. The molecule has 1 aromatic carbocycles. The lowest BCUT2D eigenvalue weighted by Gasteiger charge is -2.35. The maximum Gasteiger partial charge on any atom is 0.218 e. The van der Waals surface area contributed by atoms with Crippen LogP contribution in [0.5, 0.6) is 0 Å². The number of benzene rings is 1. The highest BCUT2D eigenvalue weighted by molar-refractivity contribution is 5.82. The van der Waals surface area contributed by atoms with E-state index in [1.807, 2.05) is 17.8 Å². The molecular weight excluding hydrogens is 364 g/mol. The molecule has 0 radical (unpaired) electrons. The fourth-order valence-corrected chi connectivity index (χ4v) is 4.84. The van der Waals surface area contributed by atoms with Crippen LogP contribution in [0.15, 0.2) is 30.6 Å². The summed E-state index contributed by atoms with van der Waals surface area (Å²) in [4.78, 5) is 9.14. The quantitative estimate of drug-likeness (QED) is 0.576. The third-order valence-corrected chi connectivity index (χ3v) is 6.26. The molecule has 3 heterocycles. The lowest BCUT2D eigenvalue weighted by atomic mass is 9.79. The molecule has 0 spiro atoms. The minimum atomic E-state index is 0.331. The standard InChI is InChI=1S/C21H26N8/c1-13-7-6-8-14(2)19(13)29-18(24-21(27-29)20-22-12-23-25-20)11-16-15-9-4-5-10-17(15)28(3)26-16/h4-5,9-10,12-14,19H,6-8,11H2,1-3H3,(H,22,23,25). The Morgan fingerprint density at radius 1 is 1.10 bits per heavy atom. The third kappa shape index (κ3) is 3.12. The largest absolute Gasteiger partial charge is 0.268 e. The summed E-state index contributed by atoms with van der Waals surface area (Å²) in [6, 6.07) is 8.66. The number of aromatic amines is 1. The number of nitrogens with one attached hydrogen (secondary N) is 1. The van der Waals surface area contributed by atoms with Crippen LogP contribution in [0.2, 0.25) is 0 Å². The number of nitrogens with zero attached hydrogens (tertiary/aromatic N) is 7. The first-order valence-electron chi connectivity index (χ1n) is 10.3. The number of aromatic nitrogens is 8. The number of aryl methyl sites for hydroxylation is 1. The molecule has 2 unspecified atom stereocenters. The molecule has 1 saturated carbocycles. The van der Waals surface area contributed by atoms with Gasteiger partial charge in [-0.05, 0) is 30.7 Å². The number of fused-ring (bicyclic) bond motifs is 1. The van der Waals surface area contributed by atoms with Crippen molar-refractivity contribution in [3.63, 3.8) is 0 Å². The van der Waals surface area contributed by atoms with Gasteiger partial charge in [-0.25, -0.2) is 14.6 Å². The van der Waals surface area contributed by atoms with Crippen molar-refractivity contribution >= 4 is 10.9 Å². The molecule has 5 rings (SSSR count). The molecule has 8 heteroatoms. The summed E-state index contributed by atoms with van der Waals surface area (Å²) in [6.45, 7) is 4.66. The van der Waals surface area contributed by atoms with Crippen molar-refractivity contribution in [2.45, 2.75) is 45.6 Å². The van der Waals surface area contributed by atoms with E-state index in [1.165, 1.54) is 25.6 Å². The molecule has 0 aliphatic heterocycles. The van der Waals surface area contributed by atoms with Gasteiger partial charge >= 0.3 is 0 Å². The number of rotatable bonds is 4. The van der Waals surface area contributed by atoms with Crippen LogP contribution < -0.4 is 0 Å². The van der Waals surface area contributed by atoms with Gasteiger partial charge < -0.3 is 0 Å². The predicted molar refractivity (Wildman–Crippen MR) is 110 cm³/mol. The Kier molecular flexibility index (Phi) is 4.41. The van der Waals surface area contributed by atoms with Gasteiger partial charge in [-0.3, -0.25) is 9.78 Å². The molecule has 0 saturated heterocycles. The first-order valence-corrected chi connectivity index (χ1v) is 10.3. The average Bonchev–Trinajstić information content (AvgIpc) is 3.43. The molecular formula is C21H26N8. The highest BCUT2D eigenvalue weighted by Crippen LogP contribution is 2.39. The first kappa shape index (κ1) is 18.0. The van der Waals surface area contributed by atoms with Crippen LogP contribution in [0.3, 0.4) is 0 Å². The Morgan fingerprint density at radius 3 is 2.66 bits per heavy atom. The number of hydrogen-bond acceptors (Lipinski definition) is 5. The fraction of sp³-hybridized carbons (Fsp3) is 0.476. The summed E-state index contributed by atoms with van der Waals surface area (Å²) >= 11 is 0. The Balaban J connectivity index is 1.61.